The Kier molecular flexibility index (Phi) is 5.05. The van der Waals surface area contributed by atoms with E-state index in [1.54, 1.807) is 27.0 Å². The van der Waals surface area contributed by atoms with Crippen LogP contribution in [0.25, 0.3) is 0 Å². The van der Waals surface area contributed by atoms with Crippen LogP contribution in [0.5, 0.6) is 0 Å². The summed E-state index contributed by atoms with van der Waals surface area (Å²) in [5.74, 6) is 0.243. The average Bonchev–Trinajstić information content (AvgIpc) is 3.09. The van der Waals surface area contributed by atoms with Gasteiger partial charge >= 0.3 is 0 Å². The van der Waals surface area contributed by atoms with Crippen LogP contribution in [-0.2, 0) is 30.0 Å². The van der Waals surface area contributed by atoms with E-state index < -0.39 is 10.0 Å². The van der Waals surface area contributed by atoms with Crippen molar-refractivity contribution in [3.63, 3.8) is 0 Å². The molecule has 1 fully saturated rings. The minimum atomic E-state index is -3.57. The first-order chi connectivity index (χ1) is 13.4. The van der Waals surface area contributed by atoms with Gasteiger partial charge in [0, 0.05) is 39.4 Å². The molecule has 7 heteroatoms. The van der Waals surface area contributed by atoms with Crippen LogP contribution in [0, 0.1) is 5.92 Å². The molecule has 2 aromatic rings. The fourth-order valence-corrected chi connectivity index (χ4v) is 5.90. The lowest BCUT2D eigenvalue weighted by molar-refractivity contribution is 0.0725. The van der Waals surface area contributed by atoms with Gasteiger partial charge in [-0.1, -0.05) is 31.2 Å². The zero-order valence-corrected chi connectivity index (χ0v) is 17.3. The molecule has 1 amide bonds. The molecule has 1 aromatic heterocycles. The molecule has 28 heavy (non-hydrogen) atoms. The molecule has 0 aliphatic carbocycles. The predicted octanol–water partition coefficient (Wildman–Crippen LogP) is 2.64. The number of carbonyl (C=O) groups is 1. The van der Waals surface area contributed by atoms with Crippen LogP contribution < -0.4 is 0 Å². The number of benzene rings is 1. The highest BCUT2D eigenvalue weighted by molar-refractivity contribution is 7.89. The van der Waals surface area contributed by atoms with Gasteiger partial charge in [0.25, 0.3) is 5.91 Å². The first kappa shape index (κ1) is 19.2. The number of rotatable bonds is 3. The minimum absolute atomic E-state index is 0.120. The molecule has 2 aliphatic heterocycles. The number of piperidine rings is 1. The Morgan fingerprint density at radius 2 is 1.89 bits per heavy atom. The molecule has 2 aliphatic rings. The predicted molar refractivity (Wildman–Crippen MR) is 107 cm³/mol. The van der Waals surface area contributed by atoms with Gasteiger partial charge < -0.3 is 9.47 Å². The van der Waals surface area contributed by atoms with Gasteiger partial charge in [0.05, 0.1) is 0 Å². The van der Waals surface area contributed by atoms with Crippen molar-refractivity contribution < 1.29 is 13.2 Å². The highest BCUT2D eigenvalue weighted by Crippen LogP contribution is 2.26. The summed E-state index contributed by atoms with van der Waals surface area (Å²) >= 11 is 0. The highest BCUT2D eigenvalue weighted by atomic mass is 32.2. The number of hydrogen-bond acceptors (Lipinski definition) is 3. The van der Waals surface area contributed by atoms with Crippen molar-refractivity contribution in [2.75, 3.05) is 19.6 Å². The van der Waals surface area contributed by atoms with Crippen molar-refractivity contribution in [1.82, 2.24) is 13.8 Å². The fourth-order valence-electron chi connectivity index (χ4n) is 4.23. The Bertz CT molecular complexity index is 996. The molecule has 1 atom stereocenters. The number of aryl methyl sites for hydroxylation is 1. The molecule has 0 spiro atoms. The van der Waals surface area contributed by atoms with Crippen LogP contribution in [-0.4, -0.2) is 47.7 Å². The minimum Gasteiger partial charge on any atom is -0.345 e. The van der Waals surface area contributed by atoms with E-state index >= 15 is 0 Å². The summed E-state index contributed by atoms with van der Waals surface area (Å²) in [6.45, 7) is 4.38. The monoisotopic (exact) mass is 401 g/mol. The molecular weight excluding hydrogens is 374 g/mol. The largest absolute Gasteiger partial charge is 0.345 e. The first-order valence-corrected chi connectivity index (χ1v) is 11.3. The third-order valence-corrected chi connectivity index (χ3v) is 7.70. The summed E-state index contributed by atoms with van der Waals surface area (Å²) in [4.78, 5) is 15.1. The van der Waals surface area contributed by atoms with Crippen molar-refractivity contribution in [2.45, 2.75) is 37.6 Å². The van der Waals surface area contributed by atoms with Gasteiger partial charge in [0.15, 0.2) is 0 Å². The van der Waals surface area contributed by atoms with E-state index in [9.17, 15) is 13.2 Å². The first-order valence-electron chi connectivity index (χ1n) is 9.89. The van der Waals surface area contributed by atoms with Gasteiger partial charge in [-0.3, -0.25) is 4.79 Å². The van der Waals surface area contributed by atoms with Crippen LogP contribution in [0.15, 0.2) is 41.4 Å². The topological polar surface area (TPSA) is 62.6 Å². The molecule has 150 valence electrons. The number of aromatic nitrogens is 1. The normalized spacial score (nSPS) is 20.8. The van der Waals surface area contributed by atoms with E-state index in [2.05, 4.69) is 13.0 Å². The van der Waals surface area contributed by atoms with E-state index in [0.717, 1.165) is 24.8 Å². The van der Waals surface area contributed by atoms with Crippen LogP contribution in [0.4, 0.5) is 0 Å². The van der Waals surface area contributed by atoms with Gasteiger partial charge in [-0.25, -0.2) is 8.42 Å². The molecule has 1 saturated heterocycles. The lowest BCUT2D eigenvalue weighted by atomic mass is 10.00. The maximum absolute atomic E-state index is 13.1. The quantitative estimate of drug-likeness (QED) is 0.794. The summed E-state index contributed by atoms with van der Waals surface area (Å²) < 4.78 is 29.3. The molecule has 0 radical (unpaired) electrons. The van der Waals surface area contributed by atoms with E-state index in [-0.39, 0.29) is 10.8 Å². The molecule has 0 unspecified atom stereocenters. The van der Waals surface area contributed by atoms with Gasteiger partial charge in [0.2, 0.25) is 10.0 Å². The second-order valence-electron chi connectivity index (χ2n) is 8.03. The highest BCUT2D eigenvalue weighted by Gasteiger charge is 2.31. The van der Waals surface area contributed by atoms with E-state index in [1.807, 2.05) is 18.2 Å². The number of fused-ring (bicyclic) bond motifs is 1. The van der Waals surface area contributed by atoms with Crippen LogP contribution >= 0.6 is 0 Å². The van der Waals surface area contributed by atoms with E-state index in [0.29, 0.717) is 37.8 Å². The van der Waals surface area contributed by atoms with Crippen molar-refractivity contribution in [3.05, 3.63) is 53.3 Å². The molecular formula is C21H27N3O3S. The van der Waals surface area contributed by atoms with Crippen molar-refractivity contribution >= 4 is 15.9 Å². The Labute approximate surface area is 166 Å². The van der Waals surface area contributed by atoms with Gasteiger partial charge in [-0.2, -0.15) is 4.31 Å². The van der Waals surface area contributed by atoms with Gasteiger partial charge in [-0.15, -0.1) is 0 Å². The zero-order valence-electron chi connectivity index (χ0n) is 16.5. The second kappa shape index (κ2) is 7.37. The smallest absolute Gasteiger partial charge is 0.270 e. The Hall–Kier alpha value is -2.12. The Balaban J connectivity index is 1.57. The van der Waals surface area contributed by atoms with Crippen LogP contribution in [0.3, 0.4) is 0 Å². The molecule has 0 saturated carbocycles. The summed E-state index contributed by atoms with van der Waals surface area (Å²) in [7, 11) is -1.83. The number of hydrogen-bond donors (Lipinski definition) is 0. The van der Waals surface area contributed by atoms with Crippen LogP contribution in [0.1, 0.15) is 41.4 Å². The van der Waals surface area contributed by atoms with Crippen molar-refractivity contribution in [1.29, 1.82) is 0 Å². The third kappa shape index (κ3) is 3.49. The molecule has 1 aromatic carbocycles. The van der Waals surface area contributed by atoms with E-state index in [1.165, 1.54) is 11.6 Å². The maximum Gasteiger partial charge on any atom is 0.270 e. The second-order valence-corrected chi connectivity index (χ2v) is 9.97. The maximum atomic E-state index is 13.1. The Morgan fingerprint density at radius 3 is 2.64 bits per heavy atom. The standard InChI is InChI=1S/C21H27N3O3S/c1-16-6-5-10-24(13-16)28(26,27)19-12-20(22(2)15-19)21(25)23-11-9-17-7-3-4-8-18(17)14-23/h3-4,7-8,12,15-16H,5-6,9-11,13-14H2,1-2H3/t16-/m0/s1. The Morgan fingerprint density at radius 1 is 1.14 bits per heavy atom. The lowest BCUT2D eigenvalue weighted by Gasteiger charge is -2.29. The van der Waals surface area contributed by atoms with Crippen molar-refractivity contribution in [2.24, 2.45) is 13.0 Å². The van der Waals surface area contributed by atoms with E-state index in [4.69, 9.17) is 0 Å². The molecule has 0 bridgehead atoms. The summed E-state index contributed by atoms with van der Waals surface area (Å²) in [6, 6.07) is 9.69. The SMILES string of the molecule is C[C@H]1CCCN(S(=O)(=O)c2cc(C(=O)N3CCc4ccccc4C3)n(C)c2)C1. The molecule has 0 N–H and O–H groups in total. The van der Waals surface area contributed by atoms with Crippen molar-refractivity contribution in [3.8, 4) is 0 Å². The van der Waals surface area contributed by atoms with Gasteiger partial charge in [-0.05, 0) is 42.4 Å². The lowest BCUT2D eigenvalue weighted by Crippen LogP contribution is -2.39. The number of sulfonamides is 1. The number of nitrogens with zero attached hydrogens (tertiary/aromatic N) is 3. The summed E-state index contributed by atoms with van der Waals surface area (Å²) in [6.07, 6.45) is 4.33. The molecule has 3 heterocycles. The third-order valence-electron chi connectivity index (χ3n) is 5.87. The van der Waals surface area contributed by atoms with Crippen LogP contribution in [0.2, 0.25) is 0 Å². The summed E-state index contributed by atoms with van der Waals surface area (Å²) in [5.41, 5.74) is 2.86. The molecule has 4 rings (SSSR count). The fraction of sp³-hybridized carbons (Fsp3) is 0.476. The average molecular weight is 402 g/mol. The summed E-state index contributed by atoms with van der Waals surface area (Å²) in [5, 5.41) is 0. The molecule has 6 nitrogen and oxygen atoms in total. The number of amides is 1. The van der Waals surface area contributed by atoms with Gasteiger partial charge in [0.1, 0.15) is 10.6 Å². The zero-order chi connectivity index (χ0) is 19.9. The number of carbonyl (C=O) groups excluding carboxylic acids is 1.